The lowest BCUT2D eigenvalue weighted by Crippen LogP contribution is -2.45. The lowest BCUT2D eigenvalue weighted by molar-refractivity contribution is -0.138. The van der Waals surface area contributed by atoms with Crippen LogP contribution in [0, 0.1) is 0 Å². The predicted octanol–water partition coefficient (Wildman–Crippen LogP) is 2.91. The summed E-state index contributed by atoms with van der Waals surface area (Å²) in [6, 6.07) is 3.40. The topological polar surface area (TPSA) is 52.7 Å². The summed E-state index contributed by atoms with van der Waals surface area (Å²) in [6.07, 6.45) is -3.85. The third-order valence-electron chi connectivity index (χ3n) is 4.51. The van der Waals surface area contributed by atoms with Crippen molar-refractivity contribution in [1.29, 1.82) is 0 Å². The number of halogens is 3. The number of amides is 3. The summed E-state index contributed by atoms with van der Waals surface area (Å²) in [5.41, 5.74) is -0.287. The molecule has 0 saturated carbocycles. The van der Waals surface area contributed by atoms with E-state index in [2.05, 4.69) is 5.32 Å². The number of urea groups is 1. The molecule has 1 N–H and O–H groups in total. The number of carbonyl (C=O) groups is 2. The first-order chi connectivity index (χ1) is 11.8. The standard InChI is InChI=1S/C17H18F3N3O2/c1-3-8-23-9-12-13(15(23)24)14(21-16(25)22(12)2)10-6-4-5-7-11(10)17(18,19)20/h4-7,14H,3,8-9H2,1-2H3,(H,21,25)/t14-/m0/s1. The summed E-state index contributed by atoms with van der Waals surface area (Å²) in [6.45, 7) is 2.63. The van der Waals surface area contributed by atoms with Crippen molar-refractivity contribution in [3.63, 3.8) is 0 Å². The van der Waals surface area contributed by atoms with Gasteiger partial charge in [-0.25, -0.2) is 4.79 Å². The Balaban J connectivity index is 2.11. The van der Waals surface area contributed by atoms with Crippen LogP contribution >= 0.6 is 0 Å². The van der Waals surface area contributed by atoms with Gasteiger partial charge in [0.1, 0.15) is 0 Å². The van der Waals surface area contributed by atoms with Gasteiger partial charge in [-0.15, -0.1) is 0 Å². The summed E-state index contributed by atoms with van der Waals surface area (Å²) in [5, 5.41) is 2.54. The van der Waals surface area contributed by atoms with Gasteiger partial charge in [-0.2, -0.15) is 13.2 Å². The molecule has 8 heteroatoms. The zero-order valence-corrected chi connectivity index (χ0v) is 13.9. The van der Waals surface area contributed by atoms with Crippen molar-refractivity contribution in [1.82, 2.24) is 15.1 Å². The lowest BCUT2D eigenvalue weighted by atomic mass is 9.92. The van der Waals surface area contributed by atoms with Crippen LogP contribution in [0.1, 0.15) is 30.5 Å². The molecule has 2 aliphatic rings. The molecule has 0 radical (unpaired) electrons. The van der Waals surface area contributed by atoms with E-state index in [4.69, 9.17) is 0 Å². The van der Waals surface area contributed by atoms with Crippen LogP contribution in [0.2, 0.25) is 0 Å². The normalized spacial score (nSPS) is 20.9. The molecule has 1 aromatic carbocycles. The van der Waals surface area contributed by atoms with Gasteiger partial charge in [-0.1, -0.05) is 25.1 Å². The summed E-state index contributed by atoms with van der Waals surface area (Å²) >= 11 is 0. The van der Waals surface area contributed by atoms with Crippen LogP contribution in [-0.4, -0.2) is 41.9 Å². The molecule has 3 rings (SSSR count). The van der Waals surface area contributed by atoms with Gasteiger partial charge >= 0.3 is 12.2 Å². The minimum absolute atomic E-state index is 0.115. The average molecular weight is 353 g/mol. The molecule has 0 aliphatic carbocycles. The van der Waals surface area contributed by atoms with E-state index in [-0.39, 0.29) is 23.6 Å². The Morgan fingerprint density at radius 1 is 1.24 bits per heavy atom. The van der Waals surface area contributed by atoms with E-state index >= 15 is 0 Å². The fourth-order valence-corrected chi connectivity index (χ4v) is 3.31. The second kappa shape index (κ2) is 6.09. The fraction of sp³-hybridized carbons (Fsp3) is 0.412. The second-order valence-corrected chi connectivity index (χ2v) is 6.11. The first-order valence-electron chi connectivity index (χ1n) is 7.98. The number of benzene rings is 1. The predicted molar refractivity (Wildman–Crippen MR) is 84.4 cm³/mol. The number of hydrogen-bond donors (Lipinski definition) is 1. The van der Waals surface area contributed by atoms with Gasteiger partial charge in [0.15, 0.2) is 0 Å². The Morgan fingerprint density at radius 3 is 2.56 bits per heavy atom. The quantitative estimate of drug-likeness (QED) is 0.908. The molecular weight excluding hydrogens is 335 g/mol. The summed E-state index contributed by atoms with van der Waals surface area (Å²) < 4.78 is 40.1. The van der Waals surface area contributed by atoms with Crippen LogP contribution in [0.3, 0.4) is 0 Å². The van der Waals surface area contributed by atoms with Gasteiger partial charge in [-0.05, 0) is 18.1 Å². The van der Waals surface area contributed by atoms with Crippen LogP contribution in [0.25, 0.3) is 0 Å². The number of rotatable bonds is 3. The summed E-state index contributed by atoms with van der Waals surface area (Å²) in [7, 11) is 1.51. The maximum atomic E-state index is 13.4. The zero-order chi connectivity index (χ0) is 18.4. The number of nitrogens with one attached hydrogen (secondary N) is 1. The Morgan fingerprint density at radius 2 is 1.92 bits per heavy atom. The highest BCUT2D eigenvalue weighted by molar-refractivity contribution is 6.01. The molecule has 0 saturated heterocycles. The van der Waals surface area contributed by atoms with Crippen LogP contribution in [-0.2, 0) is 11.0 Å². The average Bonchev–Trinajstić information content (AvgIpc) is 2.88. The van der Waals surface area contributed by atoms with Crippen molar-refractivity contribution >= 4 is 11.9 Å². The Kier molecular flexibility index (Phi) is 4.22. The lowest BCUT2D eigenvalue weighted by Gasteiger charge is -2.32. The molecule has 0 fully saturated rings. The first-order valence-corrected chi connectivity index (χ1v) is 7.98. The Labute approximate surface area is 143 Å². The fourth-order valence-electron chi connectivity index (χ4n) is 3.31. The monoisotopic (exact) mass is 353 g/mol. The van der Waals surface area contributed by atoms with Gasteiger partial charge < -0.3 is 10.2 Å². The maximum absolute atomic E-state index is 13.4. The van der Waals surface area contributed by atoms with Gasteiger partial charge in [0.05, 0.1) is 29.4 Å². The van der Waals surface area contributed by atoms with Crippen molar-refractivity contribution in [2.45, 2.75) is 25.6 Å². The third-order valence-corrected chi connectivity index (χ3v) is 4.51. The molecule has 134 valence electrons. The number of carbonyl (C=O) groups excluding carboxylic acids is 2. The van der Waals surface area contributed by atoms with E-state index in [1.165, 1.54) is 30.1 Å². The zero-order valence-electron chi connectivity index (χ0n) is 13.9. The van der Waals surface area contributed by atoms with Gasteiger partial charge in [0, 0.05) is 13.6 Å². The molecule has 3 amide bonds. The molecule has 25 heavy (non-hydrogen) atoms. The maximum Gasteiger partial charge on any atom is 0.416 e. The van der Waals surface area contributed by atoms with Crippen molar-refractivity contribution in [2.75, 3.05) is 20.1 Å². The van der Waals surface area contributed by atoms with Crippen molar-refractivity contribution in [2.24, 2.45) is 0 Å². The Hall–Kier alpha value is -2.51. The van der Waals surface area contributed by atoms with Crippen molar-refractivity contribution < 1.29 is 22.8 Å². The first kappa shape index (κ1) is 17.3. The van der Waals surface area contributed by atoms with E-state index in [1.807, 2.05) is 6.92 Å². The number of nitrogens with zero attached hydrogens (tertiary/aromatic N) is 2. The summed E-state index contributed by atoms with van der Waals surface area (Å²) in [4.78, 5) is 27.8. The van der Waals surface area contributed by atoms with E-state index in [0.29, 0.717) is 12.2 Å². The molecule has 1 aromatic rings. The van der Waals surface area contributed by atoms with E-state index < -0.39 is 23.8 Å². The van der Waals surface area contributed by atoms with E-state index in [1.54, 1.807) is 4.90 Å². The minimum Gasteiger partial charge on any atom is -0.333 e. The molecule has 0 unspecified atom stereocenters. The molecule has 5 nitrogen and oxygen atoms in total. The van der Waals surface area contributed by atoms with Gasteiger partial charge in [-0.3, -0.25) is 9.69 Å². The van der Waals surface area contributed by atoms with Gasteiger partial charge in [0.2, 0.25) is 0 Å². The van der Waals surface area contributed by atoms with Crippen molar-refractivity contribution in [3.05, 3.63) is 46.7 Å². The van der Waals surface area contributed by atoms with Crippen molar-refractivity contribution in [3.8, 4) is 0 Å². The second-order valence-electron chi connectivity index (χ2n) is 6.11. The van der Waals surface area contributed by atoms with E-state index in [9.17, 15) is 22.8 Å². The van der Waals surface area contributed by atoms with Crippen LogP contribution in [0.5, 0.6) is 0 Å². The SMILES string of the molecule is CCCN1CC2=C(C1=O)[C@H](c1ccccc1C(F)(F)F)NC(=O)N2C. The van der Waals surface area contributed by atoms with E-state index in [0.717, 1.165) is 12.5 Å². The highest BCUT2D eigenvalue weighted by Crippen LogP contribution is 2.41. The highest BCUT2D eigenvalue weighted by atomic mass is 19.4. The largest absolute Gasteiger partial charge is 0.416 e. The molecule has 0 bridgehead atoms. The molecule has 1 atom stereocenters. The summed E-state index contributed by atoms with van der Waals surface area (Å²) in [5.74, 6) is -0.328. The molecule has 0 spiro atoms. The minimum atomic E-state index is -4.57. The number of likely N-dealkylation sites (N-methyl/N-ethyl adjacent to an activating group) is 1. The molecule has 2 heterocycles. The Bertz CT molecular complexity index is 758. The third kappa shape index (κ3) is 2.85. The van der Waals surface area contributed by atoms with Crippen LogP contribution in [0.15, 0.2) is 35.5 Å². The van der Waals surface area contributed by atoms with Gasteiger partial charge in [0.25, 0.3) is 5.91 Å². The number of hydrogen-bond acceptors (Lipinski definition) is 2. The highest BCUT2D eigenvalue weighted by Gasteiger charge is 2.45. The molecular formula is C17H18F3N3O2. The number of alkyl halides is 3. The van der Waals surface area contributed by atoms with Crippen LogP contribution < -0.4 is 5.32 Å². The smallest absolute Gasteiger partial charge is 0.333 e. The molecule has 2 aliphatic heterocycles. The van der Waals surface area contributed by atoms with Crippen LogP contribution in [0.4, 0.5) is 18.0 Å². The molecule has 0 aromatic heterocycles.